The predicted molar refractivity (Wildman–Crippen MR) is 147 cm³/mol. The fourth-order valence-corrected chi connectivity index (χ4v) is 4.70. The summed E-state index contributed by atoms with van der Waals surface area (Å²) in [4.78, 5) is 40.7. The van der Waals surface area contributed by atoms with Gasteiger partial charge in [0.25, 0.3) is 17.4 Å². The van der Waals surface area contributed by atoms with Crippen molar-refractivity contribution in [2.45, 2.75) is 26.0 Å². The summed E-state index contributed by atoms with van der Waals surface area (Å²) in [6.07, 6.45) is 0.581. The first-order valence-electron chi connectivity index (χ1n) is 12.6. The maximum absolute atomic E-state index is 13.3. The number of carbonyl (C=O) groups is 2. The summed E-state index contributed by atoms with van der Waals surface area (Å²) in [5.41, 5.74) is 2.16. The second-order valence-corrected chi connectivity index (χ2v) is 9.75. The Bertz CT molecular complexity index is 1420. The molecule has 1 N–H and O–H groups in total. The molecule has 1 saturated heterocycles. The van der Waals surface area contributed by atoms with Crippen LogP contribution in [-0.4, -0.2) is 58.7 Å². The Morgan fingerprint density at radius 3 is 2.46 bits per heavy atom. The van der Waals surface area contributed by atoms with Gasteiger partial charge in [0.2, 0.25) is 0 Å². The second-order valence-electron chi connectivity index (χ2n) is 9.75. The summed E-state index contributed by atoms with van der Waals surface area (Å²) in [5.74, 6) is -1.30. The summed E-state index contributed by atoms with van der Waals surface area (Å²) in [7, 11) is 3.81. The molecule has 0 bridgehead atoms. The highest BCUT2D eigenvalue weighted by atomic mass is 16.6. The van der Waals surface area contributed by atoms with Gasteiger partial charge < -0.3 is 19.6 Å². The van der Waals surface area contributed by atoms with E-state index < -0.39 is 22.7 Å². The summed E-state index contributed by atoms with van der Waals surface area (Å²) in [6.45, 7) is 3.07. The van der Waals surface area contributed by atoms with Gasteiger partial charge in [0.15, 0.2) is 0 Å². The van der Waals surface area contributed by atoms with E-state index in [1.165, 1.54) is 23.1 Å². The molecule has 9 nitrogen and oxygen atoms in total. The molecule has 9 heteroatoms. The number of ketones is 1. The van der Waals surface area contributed by atoms with Crippen molar-refractivity contribution in [3.63, 3.8) is 0 Å². The third-order valence-corrected chi connectivity index (χ3v) is 6.64. The molecule has 4 rings (SSSR count). The maximum Gasteiger partial charge on any atom is 0.295 e. The van der Waals surface area contributed by atoms with E-state index in [1.807, 2.05) is 49.3 Å². The average Bonchev–Trinajstić information content (AvgIpc) is 3.17. The SMILES string of the molecule is Cc1cc(OCc2ccccc2)ccc1C(O)=C1C(=O)C(=O)N(CCCN(C)C)[C@@H]1c1cccc([N+](=O)[O-])c1. The van der Waals surface area contributed by atoms with Crippen LogP contribution in [0.25, 0.3) is 5.76 Å². The minimum absolute atomic E-state index is 0.0913. The number of likely N-dealkylation sites (tertiary alicyclic amines) is 1. The zero-order chi connectivity index (χ0) is 28.1. The highest BCUT2D eigenvalue weighted by Gasteiger charge is 2.46. The molecule has 0 radical (unpaired) electrons. The largest absolute Gasteiger partial charge is 0.507 e. The normalized spacial score (nSPS) is 16.6. The maximum atomic E-state index is 13.3. The number of hydrogen-bond donors (Lipinski definition) is 1. The number of aliphatic hydroxyl groups is 1. The summed E-state index contributed by atoms with van der Waals surface area (Å²) >= 11 is 0. The molecule has 1 aliphatic heterocycles. The van der Waals surface area contributed by atoms with E-state index in [1.54, 1.807) is 31.2 Å². The smallest absolute Gasteiger partial charge is 0.295 e. The second kappa shape index (κ2) is 11.9. The first-order valence-corrected chi connectivity index (χ1v) is 12.6. The lowest BCUT2D eigenvalue weighted by molar-refractivity contribution is -0.384. The van der Waals surface area contributed by atoms with Crippen LogP contribution in [-0.2, 0) is 16.2 Å². The number of ether oxygens (including phenoxy) is 1. The molecule has 0 saturated carbocycles. The van der Waals surface area contributed by atoms with Crippen LogP contribution in [0.4, 0.5) is 5.69 Å². The average molecular weight is 530 g/mol. The van der Waals surface area contributed by atoms with Crippen LogP contribution in [0, 0.1) is 17.0 Å². The van der Waals surface area contributed by atoms with Crippen LogP contribution in [0.3, 0.4) is 0 Å². The standard InChI is InChI=1S/C30H31N3O6/c1-20-17-24(39-19-21-9-5-4-6-10-21)13-14-25(20)28(34)26-27(22-11-7-12-23(18-22)33(37)38)32(30(36)29(26)35)16-8-15-31(2)3/h4-7,9-14,17-18,27,34H,8,15-16,19H2,1-3H3/t27-/m1/s1. The van der Waals surface area contributed by atoms with Gasteiger partial charge in [-0.1, -0.05) is 42.5 Å². The van der Waals surface area contributed by atoms with Gasteiger partial charge in [-0.3, -0.25) is 19.7 Å². The van der Waals surface area contributed by atoms with Gasteiger partial charge >= 0.3 is 0 Å². The molecular weight excluding hydrogens is 498 g/mol. The van der Waals surface area contributed by atoms with Crippen molar-refractivity contribution in [3.05, 3.63) is 111 Å². The van der Waals surface area contributed by atoms with E-state index in [0.717, 1.165) is 5.56 Å². The number of carbonyl (C=O) groups excluding carboxylic acids is 2. The van der Waals surface area contributed by atoms with Crippen LogP contribution in [0.1, 0.15) is 34.7 Å². The van der Waals surface area contributed by atoms with E-state index >= 15 is 0 Å². The Morgan fingerprint density at radius 2 is 1.79 bits per heavy atom. The predicted octanol–water partition coefficient (Wildman–Crippen LogP) is 4.86. The van der Waals surface area contributed by atoms with Crippen LogP contribution >= 0.6 is 0 Å². The molecule has 202 valence electrons. The topological polar surface area (TPSA) is 113 Å². The molecule has 1 amide bonds. The minimum Gasteiger partial charge on any atom is -0.507 e. The quantitative estimate of drug-likeness (QED) is 0.131. The summed E-state index contributed by atoms with van der Waals surface area (Å²) < 4.78 is 5.88. The molecule has 0 aliphatic carbocycles. The highest BCUT2D eigenvalue weighted by Crippen LogP contribution is 2.41. The summed E-state index contributed by atoms with van der Waals surface area (Å²) in [6, 6.07) is 19.7. The van der Waals surface area contributed by atoms with E-state index in [2.05, 4.69) is 0 Å². The molecule has 0 unspecified atom stereocenters. The molecule has 1 atom stereocenters. The Kier molecular flexibility index (Phi) is 8.41. The van der Waals surface area contributed by atoms with Crippen molar-refractivity contribution in [2.75, 3.05) is 27.2 Å². The molecule has 1 fully saturated rings. The molecule has 1 aliphatic rings. The number of nitrogens with zero attached hydrogens (tertiary/aromatic N) is 3. The monoisotopic (exact) mass is 529 g/mol. The van der Waals surface area contributed by atoms with Gasteiger partial charge in [-0.25, -0.2) is 0 Å². The van der Waals surface area contributed by atoms with Crippen molar-refractivity contribution in [3.8, 4) is 5.75 Å². The van der Waals surface area contributed by atoms with E-state index in [9.17, 15) is 24.8 Å². The van der Waals surface area contributed by atoms with Gasteiger partial charge in [0.05, 0.1) is 16.5 Å². The van der Waals surface area contributed by atoms with Crippen LogP contribution in [0.5, 0.6) is 5.75 Å². The Morgan fingerprint density at radius 1 is 1.05 bits per heavy atom. The van der Waals surface area contributed by atoms with E-state index in [4.69, 9.17) is 4.74 Å². The fraction of sp³-hybridized carbons (Fsp3) is 0.267. The van der Waals surface area contributed by atoms with Crippen LogP contribution in [0.15, 0.2) is 78.4 Å². The number of non-ortho nitro benzene ring substituents is 1. The first kappa shape index (κ1) is 27.5. The molecule has 3 aromatic rings. The van der Waals surface area contributed by atoms with Crippen molar-refractivity contribution < 1.29 is 24.4 Å². The molecule has 3 aromatic carbocycles. The number of benzene rings is 3. The van der Waals surface area contributed by atoms with Crippen LogP contribution < -0.4 is 4.74 Å². The number of rotatable bonds is 10. The lowest BCUT2D eigenvalue weighted by Gasteiger charge is -2.26. The molecule has 39 heavy (non-hydrogen) atoms. The Balaban J connectivity index is 1.72. The zero-order valence-corrected chi connectivity index (χ0v) is 22.2. The van der Waals surface area contributed by atoms with Crippen molar-refractivity contribution in [1.82, 2.24) is 9.80 Å². The third-order valence-electron chi connectivity index (χ3n) is 6.64. The van der Waals surface area contributed by atoms with Gasteiger partial charge in [0.1, 0.15) is 18.1 Å². The zero-order valence-electron chi connectivity index (χ0n) is 22.2. The number of aryl methyl sites for hydroxylation is 1. The van der Waals surface area contributed by atoms with E-state index in [0.29, 0.717) is 42.0 Å². The van der Waals surface area contributed by atoms with Crippen LogP contribution in [0.2, 0.25) is 0 Å². The fourth-order valence-electron chi connectivity index (χ4n) is 4.70. The number of amides is 1. The minimum atomic E-state index is -0.958. The van der Waals surface area contributed by atoms with Gasteiger partial charge in [-0.05, 0) is 68.9 Å². The highest BCUT2D eigenvalue weighted by molar-refractivity contribution is 6.46. The molecular formula is C30H31N3O6. The lowest BCUT2D eigenvalue weighted by atomic mass is 9.93. The number of nitro benzene ring substituents is 1. The third kappa shape index (κ3) is 6.15. The molecule has 0 spiro atoms. The number of Topliss-reactive ketones (excluding diaryl/α,β-unsaturated/α-hetero) is 1. The number of aliphatic hydroxyl groups excluding tert-OH is 1. The van der Waals surface area contributed by atoms with Gasteiger partial charge in [0, 0.05) is 24.2 Å². The Labute approximate surface area is 227 Å². The molecule has 0 aromatic heterocycles. The van der Waals surface area contributed by atoms with Gasteiger partial charge in [-0.2, -0.15) is 0 Å². The number of nitro groups is 1. The Hall–Kier alpha value is -4.50. The first-order chi connectivity index (χ1) is 18.7. The molecule has 1 heterocycles. The lowest BCUT2D eigenvalue weighted by Crippen LogP contribution is -2.32. The summed E-state index contributed by atoms with van der Waals surface area (Å²) in [5, 5.41) is 22.9. The van der Waals surface area contributed by atoms with Crippen molar-refractivity contribution in [2.24, 2.45) is 0 Å². The van der Waals surface area contributed by atoms with Gasteiger partial charge in [-0.15, -0.1) is 0 Å². The van der Waals surface area contributed by atoms with E-state index in [-0.39, 0.29) is 23.6 Å². The van der Waals surface area contributed by atoms with Crippen molar-refractivity contribution >= 4 is 23.1 Å². The van der Waals surface area contributed by atoms with Crippen molar-refractivity contribution in [1.29, 1.82) is 0 Å². The number of hydrogen-bond acceptors (Lipinski definition) is 7.